The lowest BCUT2D eigenvalue weighted by molar-refractivity contribution is 0.0630. The highest BCUT2D eigenvalue weighted by molar-refractivity contribution is 6.28. The minimum absolute atomic E-state index is 0.0576. The first-order valence-corrected chi connectivity index (χ1v) is 7.46. The van der Waals surface area contributed by atoms with Crippen LogP contribution in [0, 0.1) is 5.92 Å². The number of unbranched alkanes of at least 4 members (excludes halogenated alkanes) is 1. The molecule has 5 heteroatoms. The Kier molecular flexibility index (Phi) is 6.17. The fourth-order valence-corrected chi connectivity index (χ4v) is 2.79. The van der Waals surface area contributed by atoms with E-state index in [1.807, 2.05) is 6.07 Å². The van der Waals surface area contributed by atoms with Gasteiger partial charge < -0.3 is 9.15 Å². The van der Waals surface area contributed by atoms with Gasteiger partial charge >= 0.3 is 0 Å². The second kappa shape index (κ2) is 7.90. The summed E-state index contributed by atoms with van der Waals surface area (Å²) in [6.45, 7) is 1.87. The number of hydrogen-bond donors (Lipinski definition) is 2. The standard InChI is InChI=1S/C14H23ClN2O2/c15-14-6-5-13(19-14)12(17-16)4-2-1-3-11-7-9-18-10-8-11/h5-6,11-12,17H,1-4,7-10,16H2. The summed E-state index contributed by atoms with van der Waals surface area (Å²) in [5, 5.41) is 0.414. The number of furan rings is 1. The fourth-order valence-electron chi connectivity index (χ4n) is 2.64. The van der Waals surface area contributed by atoms with Gasteiger partial charge in [-0.25, -0.2) is 5.43 Å². The Bertz CT molecular complexity index is 364. The summed E-state index contributed by atoms with van der Waals surface area (Å²) < 4.78 is 10.8. The van der Waals surface area contributed by atoms with E-state index in [0.717, 1.165) is 37.7 Å². The molecule has 3 N–H and O–H groups in total. The van der Waals surface area contributed by atoms with E-state index >= 15 is 0 Å². The van der Waals surface area contributed by atoms with Gasteiger partial charge in [0.05, 0.1) is 6.04 Å². The number of halogens is 1. The summed E-state index contributed by atoms with van der Waals surface area (Å²) >= 11 is 5.78. The predicted octanol–water partition coefficient (Wildman–Crippen LogP) is 3.42. The Labute approximate surface area is 119 Å². The van der Waals surface area contributed by atoms with E-state index in [4.69, 9.17) is 26.6 Å². The zero-order valence-corrected chi connectivity index (χ0v) is 12.0. The molecule has 0 saturated carbocycles. The van der Waals surface area contributed by atoms with Crippen LogP contribution in [0.5, 0.6) is 0 Å². The second-order valence-corrected chi connectivity index (χ2v) is 5.57. The molecule has 1 aromatic rings. The third kappa shape index (κ3) is 4.80. The summed E-state index contributed by atoms with van der Waals surface area (Å²) in [6.07, 6.45) is 7.07. The fraction of sp³-hybridized carbons (Fsp3) is 0.714. The normalized spacial score (nSPS) is 18.6. The first-order chi connectivity index (χ1) is 9.29. The van der Waals surface area contributed by atoms with E-state index in [-0.39, 0.29) is 6.04 Å². The number of nitrogens with two attached hydrogens (primary N) is 1. The highest BCUT2D eigenvalue weighted by Crippen LogP contribution is 2.26. The molecule has 0 aliphatic carbocycles. The van der Waals surface area contributed by atoms with Gasteiger partial charge in [-0.05, 0) is 48.9 Å². The third-order valence-electron chi connectivity index (χ3n) is 3.83. The Balaban J connectivity index is 1.65. The molecular weight excluding hydrogens is 264 g/mol. The molecule has 0 amide bonds. The van der Waals surface area contributed by atoms with E-state index in [9.17, 15) is 0 Å². The summed E-state index contributed by atoms with van der Waals surface area (Å²) in [4.78, 5) is 0. The molecule has 1 fully saturated rings. The molecule has 19 heavy (non-hydrogen) atoms. The maximum atomic E-state index is 5.78. The van der Waals surface area contributed by atoms with E-state index in [1.54, 1.807) is 6.07 Å². The van der Waals surface area contributed by atoms with Crippen LogP contribution in [-0.2, 0) is 4.74 Å². The summed E-state index contributed by atoms with van der Waals surface area (Å²) in [5.41, 5.74) is 2.80. The molecule has 1 aliphatic rings. The number of hydrazine groups is 1. The molecular formula is C14H23ClN2O2. The first-order valence-electron chi connectivity index (χ1n) is 7.08. The quantitative estimate of drug-likeness (QED) is 0.458. The molecule has 0 spiro atoms. The van der Waals surface area contributed by atoms with Gasteiger partial charge in [-0.2, -0.15) is 0 Å². The summed E-state index contributed by atoms with van der Waals surface area (Å²) in [5.74, 6) is 7.23. The molecule has 1 unspecified atom stereocenters. The van der Waals surface area contributed by atoms with Crippen molar-refractivity contribution >= 4 is 11.6 Å². The maximum absolute atomic E-state index is 5.78. The monoisotopic (exact) mass is 286 g/mol. The molecule has 1 aliphatic heterocycles. The number of rotatable bonds is 7. The van der Waals surface area contributed by atoms with Crippen LogP contribution in [0.1, 0.15) is 50.3 Å². The molecule has 2 heterocycles. The number of hydrogen-bond acceptors (Lipinski definition) is 4. The van der Waals surface area contributed by atoms with Crippen LogP contribution in [0.15, 0.2) is 16.5 Å². The van der Waals surface area contributed by atoms with Gasteiger partial charge in [0.2, 0.25) is 0 Å². The van der Waals surface area contributed by atoms with Crippen molar-refractivity contribution in [3.05, 3.63) is 23.1 Å². The molecule has 108 valence electrons. The van der Waals surface area contributed by atoms with Crippen LogP contribution in [0.4, 0.5) is 0 Å². The Morgan fingerprint density at radius 1 is 1.32 bits per heavy atom. The topological polar surface area (TPSA) is 60.4 Å². The van der Waals surface area contributed by atoms with Crippen molar-refractivity contribution in [2.24, 2.45) is 11.8 Å². The molecule has 1 aromatic heterocycles. The van der Waals surface area contributed by atoms with Crippen molar-refractivity contribution in [1.82, 2.24) is 5.43 Å². The minimum atomic E-state index is 0.0576. The van der Waals surface area contributed by atoms with Crippen molar-refractivity contribution in [3.8, 4) is 0 Å². The molecule has 0 aromatic carbocycles. The Hall–Kier alpha value is -0.550. The van der Waals surface area contributed by atoms with Crippen LogP contribution in [0.3, 0.4) is 0 Å². The van der Waals surface area contributed by atoms with Crippen molar-refractivity contribution in [3.63, 3.8) is 0 Å². The van der Waals surface area contributed by atoms with Crippen LogP contribution in [-0.4, -0.2) is 13.2 Å². The van der Waals surface area contributed by atoms with Crippen LogP contribution < -0.4 is 11.3 Å². The van der Waals surface area contributed by atoms with Crippen LogP contribution >= 0.6 is 11.6 Å². The van der Waals surface area contributed by atoms with E-state index < -0.39 is 0 Å². The molecule has 0 bridgehead atoms. The molecule has 2 rings (SSSR count). The van der Waals surface area contributed by atoms with Crippen LogP contribution in [0.25, 0.3) is 0 Å². The van der Waals surface area contributed by atoms with Crippen molar-refractivity contribution < 1.29 is 9.15 Å². The van der Waals surface area contributed by atoms with E-state index in [0.29, 0.717) is 5.22 Å². The average Bonchev–Trinajstić information content (AvgIpc) is 2.86. The Morgan fingerprint density at radius 2 is 2.11 bits per heavy atom. The first kappa shape index (κ1) is 14.9. The zero-order valence-electron chi connectivity index (χ0n) is 11.2. The predicted molar refractivity (Wildman–Crippen MR) is 75.8 cm³/mol. The van der Waals surface area contributed by atoms with E-state index in [1.165, 1.54) is 25.7 Å². The molecule has 1 atom stereocenters. The summed E-state index contributed by atoms with van der Waals surface area (Å²) in [7, 11) is 0. The lowest BCUT2D eigenvalue weighted by Crippen LogP contribution is -2.27. The molecule has 1 saturated heterocycles. The van der Waals surface area contributed by atoms with Crippen molar-refractivity contribution in [2.45, 2.75) is 44.6 Å². The third-order valence-corrected chi connectivity index (χ3v) is 4.04. The van der Waals surface area contributed by atoms with Crippen molar-refractivity contribution in [1.29, 1.82) is 0 Å². The van der Waals surface area contributed by atoms with Gasteiger partial charge in [0.1, 0.15) is 5.76 Å². The largest absolute Gasteiger partial charge is 0.448 e. The number of ether oxygens (including phenoxy) is 1. The van der Waals surface area contributed by atoms with Gasteiger partial charge in [-0.15, -0.1) is 0 Å². The lowest BCUT2D eigenvalue weighted by Gasteiger charge is -2.22. The number of nitrogens with one attached hydrogen (secondary N) is 1. The maximum Gasteiger partial charge on any atom is 0.193 e. The average molecular weight is 287 g/mol. The highest BCUT2D eigenvalue weighted by atomic mass is 35.5. The van der Waals surface area contributed by atoms with Crippen LogP contribution in [0.2, 0.25) is 5.22 Å². The highest BCUT2D eigenvalue weighted by Gasteiger charge is 2.16. The van der Waals surface area contributed by atoms with Gasteiger partial charge in [0.25, 0.3) is 0 Å². The molecule has 0 radical (unpaired) electrons. The lowest BCUT2D eigenvalue weighted by atomic mass is 9.93. The van der Waals surface area contributed by atoms with Gasteiger partial charge in [-0.3, -0.25) is 5.84 Å². The van der Waals surface area contributed by atoms with Gasteiger partial charge in [0.15, 0.2) is 5.22 Å². The van der Waals surface area contributed by atoms with Crippen molar-refractivity contribution in [2.75, 3.05) is 13.2 Å². The smallest absolute Gasteiger partial charge is 0.193 e. The SMILES string of the molecule is NNC(CCCCC1CCOCC1)c1ccc(Cl)o1. The molecule has 4 nitrogen and oxygen atoms in total. The van der Waals surface area contributed by atoms with Gasteiger partial charge in [-0.1, -0.05) is 19.3 Å². The Morgan fingerprint density at radius 3 is 2.74 bits per heavy atom. The zero-order chi connectivity index (χ0) is 13.5. The summed E-state index contributed by atoms with van der Waals surface area (Å²) in [6, 6.07) is 3.69. The minimum Gasteiger partial charge on any atom is -0.448 e. The second-order valence-electron chi connectivity index (χ2n) is 5.20. The van der Waals surface area contributed by atoms with E-state index in [2.05, 4.69) is 5.43 Å². The van der Waals surface area contributed by atoms with Gasteiger partial charge in [0, 0.05) is 13.2 Å².